The summed E-state index contributed by atoms with van der Waals surface area (Å²) < 4.78 is 5.46. The van der Waals surface area contributed by atoms with Crippen molar-refractivity contribution in [2.24, 2.45) is 0 Å². The van der Waals surface area contributed by atoms with Crippen molar-refractivity contribution in [2.75, 3.05) is 6.61 Å². The largest absolute Gasteiger partial charge is 0.491 e. The molecular weight excluding hydrogens is 212 g/mol. The van der Waals surface area contributed by atoms with E-state index in [1.54, 1.807) is 6.92 Å². The fraction of sp³-hybridized carbons (Fsp3) is 0.600. The van der Waals surface area contributed by atoms with Gasteiger partial charge in [0.2, 0.25) is 0 Å². The Morgan fingerprint density at radius 2 is 1.82 bits per heavy atom. The summed E-state index contributed by atoms with van der Waals surface area (Å²) in [5.41, 5.74) is 1.44. The molecule has 1 saturated carbocycles. The topological polar surface area (TPSA) is 29.5 Å². The van der Waals surface area contributed by atoms with Crippen LogP contribution >= 0.6 is 0 Å². The standard InChI is InChI=1S/C15H22O2/c1-12(16)11-17-15-9-7-14(8-10-15)13-5-3-2-4-6-13/h7-10,12-13,16H,2-6,11H2,1H3. The lowest BCUT2D eigenvalue weighted by atomic mass is 9.84. The van der Waals surface area contributed by atoms with Gasteiger partial charge in [0, 0.05) is 0 Å². The molecule has 0 aliphatic heterocycles. The molecule has 0 radical (unpaired) electrons. The lowest BCUT2D eigenvalue weighted by Crippen LogP contribution is -2.12. The molecule has 94 valence electrons. The molecule has 1 aliphatic carbocycles. The van der Waals surface area contributed by atoms with Gasteiger partial charge in [0.05, 0.1) is 6.10 Å². The van der Waals surface area contributed by atoms with Crippen molar-refractivity contribution in [2.45, 2.75) is 51.0 Å². The van der Waals surface area contributed by atoms with Gasteiger partial charge in [-0.1, -0.05) is 31.4 Å². The van der Waals surface area contributed by atoms with Crippen LogP contribution in [0.15, 0.2) is 24.3 Å². The van der Waals surface area contributed by atoms with E-state index in [-0.39, 0.29) is 0 Å². The highest BCUT2D eigenvalue weighted by molar-refractivity contribution is 5.29. The minimum atomic E-state index is -0.409. The van der Waals surface area contributed by atoms with Gasteiger partial charge < -0.3 is 9.84 Å². The van der Waals surface area contributed by atoms with E-state index in [1.807, 2.05) is 12.1 Å². The Morgan fingerprint density at radius 1 is 1.18 bits per heavy atom. The third-order valence-corrected chi connectivity index (χ3v) is 3.45. The molecule has 1 unspecified atom stereocenters. The number of aliphatic hydroxyl groups excluding tert-OH is 1. The van der Waals surface area contributed by atoms with Gasteiger partial charge in [-0.3, -0.25) is 0 Å². The minimum Gasteiger partial charge on any atom is -0.491 e. The van der Waals surface area contributed by atoms with Crippen LogP contribution in [-0.2, 0) is 0 Å². The molecule has 17 heavy (non-hydrogen) atoms. The van der Waals surface area contributed by atoms with Gasteiger partial charge in [0.1, 0.15) is 12.4 Å². The number of benzene rings is 1. The van der Waals surface area contributed by atoms with Crippen LogP contribution in [0.25, 0.3) is 0 Å². The average molecular weight is 234 g/mol. The fourth-order valence-electron chi connectivity index (χ4n) is 2.49. The van der Waals surface area contributed by atoms with E-state index in [9.17, 15) is 0 Å². The maximum absolute atomic E-state index is 9.15. The first-order chi connectivity index (χ1) is 8.25. The van der Waals surface area contributed by atoms with E-state index >= 15 is 0 Å². The quantitative estimate of drug-likeness (QED) is 0.864. The summed E-state index contributed by atoms with van der Waals surface area (Å²) in [7, 11) is 0. The first-order valence-electron chi connectivity index (χ1n) is 6.66. The lowest BCUT2D eigenvalue weighted by Gasteiger charge is -2.22. The molecule has 2 rings (SSSR count). The van der Waals surface area contributed by atoms with Crippen molar-refractivity contribution in [1.82, 2.24) is 0 Å². The maximum atomic E-state index is 9.15. The van der Waals surface area contributed by atoms with Crippen molar-refractivity contribution in [1.29, 1.82) is 0 Å². The van der Waals surface area contributed by atoms with Crippen LogP contribution in [-0.4, -0.2) is 17.8 Å². The molecule has 1 atom stereocenters. The maximum Gasteiger partial charge on any atom is 0.119 e. The van der Waals surface area contributed by atoms with E-state index in [4.69, 9.17) is 9.84 Å². The highest BCUT2D eigenvalue weighted by atomic mass is 16.5. The SMILES string of the molecule is CC(O)COc1ccc(C2CCCCC2)cc1. The second-order valence-electron chi connectivity index (χ2n) is 5.06. The normalized spacial score (nSPS) is 18.9. The summed E-state index contributed by atoms with van der Waals surface area (Å²) in [5.74, 6) is 1.60. The zero-order valence-electron chi connectivity index (χ0n) is 10.6. The predicted octanol–water partition coefficient (Wildman–Crippen LogP) is 3.49. The molecular formula is C15H22O2. The molecule has 0 aromatic heterocycles. The van der Waals surface area contributed by atoms with Crippen LogP contribution in [0, 0.1) is 0 Å². The summed E-state index contributed by atoms with van der Waals surface area (Å²) in [6.45, 7) is 2.10. The van der Waals surface area contributed by atoms with Gasteiger partial charge in [0.15, 0.2) is 0 Å². The van der Waals surface area contributed by atoms with Gasteiger partial charge in [-0.25, -0.2) is 0 Å². The first kappa shape index (κ1) is 12.4. The van der Waals surface area contributed by atoms with E-state index < -0.39 is 6.10 Å². The van der Waals surface area contributed by atoms with Crippen molar-refractivity contribution < 1.29 is 9.84 Å². The number of rotatable bonds is 4. The van der Waals surface area contributed by atoms with E-state index in [0.717, 1.165) is 11.7 Å². The molecule has 0 heterocycles. The molecule has 0 amide bonds. The van der Waals surface area contributed by atoms with Crippen LogP contribution in [0.3, 0.4) is 0 Å². The second kappa shape index (κ2) is 6.06. The smallest absolute Gasteiger partial charge is 0.119 e. The molecule has 1 aromatic carbocycles. The Bertz CT molecular complexity index is 323. The number of aliphatic hydroxyl groups is 1. The van der Waals surface area contributed by atoms with Crippen molar-refractivity contribution in [3.63, 3.8) is 0 Å². The van der Waals surface area contributed by atoms with Crippen LogP contribution in [0.2, 0.25) is 0 Å². The Kier molecular flexibility index (Phi) is 4.43. The van der Waals surface area contributed by atoms with Crippen LogP contribution in [0.5, 0.6) is 5.75 Å². The molecule has 1 aliphatic rings. The van der Waals surface area contributed by atoms with Gasteiger partial charge in [0.25, 0.3) is 0 Å². The Morgan fingerprint density at radius 3 is 2.41 bits per heavy atom. The highest BCUT2D eigenvalue weighted by Crippen LogP contribution is 2.33. The Hall–Kier alpha value is -1.02. The van der Waals surface area contributed by atoms with Crippen LogP contribution in [0.4, 0.5) is 0 Å². The molecule has 0 saturated heterocycles. The minimum absolute atomic E-state index is 0.364. The first-order valence-corrected chi connectivity index (χ1v) is 6.66. The van der Waals surface area contributed by atoms with Crippen LogP contribution in [0.1, 0.15) is 50.5 Å². The second-order valence-corrected chi connectivity index (χ2v) is 5.06. The van der Waals surface area contributed by atoms with Gasteiger partial charge in [-0.15, -0.1) is 0 Å². The van der Waals surface area contributed by atoms with Gasteiger partial charge in [-0.2, -0.15) is 0 Å². The number of ether oxygens (including phenoxy) is 1. The van der Waals surface area contributed by atoms with E-state index in [2.05, 4.69) is 12.1 Å². The van der Waals surface area contributed by atoms with E-state index in [0.29, 0.717) is 6.61 Å². The molecule has 1 N–H and O–H groups in total. The summed E-state index contributed by atoms with van der Waals surface area (Å²) in [6, 6.07) is 8.39. The van der Waals surface area contributed by atoms with E-state index in [1.165, 1.54) is 37.7 Å². The average Bonchev–Trinajstić information content (AvgIpc) is 2.38. The summed E-state index contributed by atoms with van der Waals surface area (Å²) in [4.78, 5) is 0. The van der Waals surface area contributed by atoms with Crippen LogP contribution < -0.4 is 4.74 Å². The summed E-state index contributed by atoms with van der Waals surface area (Å²) >= 11 is 0. The highest BCUT2D eigenvalue weighted by Gasteiger charge is 2.15. The van der Waals surface area contributed by atoms with Gasteiger partial charge >= 0.3 is 0 Å². The third-order valence-electron chi connectivity index (χ3n) is 3.45. The van der Waals surface area contributed by atoms with Crippen molar-refractivity contribution in [3.05, 3.63) is 29.8 Å². The molecule has 2 heteroatoms. The zero-order valence-corrected chi connectivity index (χ0v) is 10.6. The third kappa shape index (κ3) is 3.74. The summed E-state index contributed by atoms with van der Waals surface area (Å²) in [6.07, 6.45) is 6.37. The van der Waals surface area contributed by atoms with Crippen molar-refractivity contribution >= 4 is 0 Å². The zero-order chi connectivity index (χ0) is 12.1. The molecule has 2 nitrogen and oxygen atoms in total. The number of hydrogen-bond acceptors (Lipinski definition) is 2. The Balaban J connectivity index is 1.92. The fourth-order valence-corrected chi connectivity index (χ4v) is 2.49. The predicted molar refractivity (Wildman–Crippen MR) is 69.4 cm³/mol. The van der Waals surface area contributed by atoms with Crippen molar-refractivity contribution in [3.8, 4) is 5.75 Å². The Labute approximate surface area is 104 Å². The van der Waals surface area contributed by atoms with Gasteiger partial charge in [-0.05, 0) is 43.4 Å². The lowest BCUT2D eigenvalue weighted by molar-refractivity contribution is 0.122. The molecule has 0 bridgehead atoms. The number of hydrogen-bond donors (Lipinski definition) is 1. The molecule has 1 aromatic rings. The molecule has 1 fully saturated rings. The monoisotopic (exact) mass is 234 g/mol. The molecule has 0 spiro atoms. The summed E-state index contributed by atoms with van der Waals surface area (Å²) in [5, 5.41) is 9.15.